The molecule has 6 aromatic rings. The molecule has 3 aliphatic rings. The van der Waals surface area contributed by atoms with E-state index in [2.05, 4.69) is 228 Å². The fourth-order valence-electron chi connectivity index (χ4n) is 10.5. The smallest absolute Gasteiger partial charge is 0.0110 e. The van der Waals surface area contributed by atoms with E-state index in [9.17, 15) is 0 Å². The summed E-state index contributed by atoms with van der Waals surface area (Å²) in [6, 6.07) is 48.0. The van der Waals surface area contributed by atoms with Gasteiger partial charge in [0.15, 0.2) is 0 Å². The second-order valence-corrected chi connectivity index (χ2v) is 23.1. The highest BCUT2D eigenvalue weighted by Gasteiger charge is 2.43. The van der Waals surface area contributed by atoms with Crippen LogP contribution < -0.4 is 0 Å². The molecule has 3 heterocycles. The van der Waals surface area contributed by atoms with E-state index in [4.69, 9.17) is 0 Å². The van der Waals surface area contributed by atoms with E-state index >= 15 is 0 Å². The summed E-state index contributed by atoms with van der Waals surface area (Å²) in [5.41, 5.74) is 17.3. The Morgan fingerprint density at radius 1 is 0.379 bits per heavy atom. The van der Waals surface area contributed by atoms with Crippen LogP contribution in [0.2, 0.25) is 0 Å². The van der Waals surface area contributed by atoms with Crippen LogP contribution in [0.25, 0.3) is 0 Å². The molecule has 0 fully saturated rings. The number of fused-ring (bicyclic) bond motifs is 3. The average Bonchev–Trinajstić information content (AvgIpc) is 3.30. The Hall–Kier alpha value is -4.41. The summed E-state index contributed by atoms with van der Waals surface area (Å²) in [7, 11) is 0. The van der Waals surface area contributed by atoms with Gasteiger partial charge in [-0.3, -0.25) is 0 Å². The van der Waals surface area contributed by atoms with Gasteiger partial charge in [-0.25, -0.2) is 0 Å². The number of thioether (sulfide) groups is 3. The minimum absolute atomic E-state index is 0.162. The molecule has 0 aliphatic carbocycles. The molecule has 0 bridgehead atoms. The van der Waals surface area contributed by atoms with Crippen LogP contribution >= 0.6 is 35.3 Å². The summed E-state index contributed by atoms with van der Waals surface area (Å²) in [4.78, 5) is 4.37. The number of benzene rings is 6. The van der Waals surface area contributed by atoms with Crippen molar-refractivity contribution in [3.8, 4) is 0 Å². The minimum Gasteiger partial charge on any atom is -0.125 e. The molecule has 9 rings (SSSR count). The van der Waals surface area contributed by atoms with Crippen molar-refractivity contribution in [2.24, 2.45) is 0 Å². The summed E-state index contributed by atoms with van der Waals surface area (Å²) >= 11 is 6.01. The topological polar surface area (TPSA) is 0 Å². The zero-order chi connectivity index (χ0) is 47.2. The summed E-state index contributed by atoms with van der Waals surface area (Å²) in [5, 5.41) is 0. The van der Waals surface area contributed by atoms with Crippen molar-refractivity contribution in [1.82, 2.24) is 0 Å². The van der Waals surface area contributed by atoms with E-state index in [1.807, 2.05) is 35.3 Å². The molecule has 0 amide bonds. The molecule has 6 atom stereocenters. The molecule has 3 heteroatoms. The SMILES string of the molecule is C=CCC1c2ccc(C)cc2SCC1(C)c1ccc(C)cc1.C=CC[C@@H]1c2ccc(C)cc2SC[C@]1(C)c1ccc(C)cc1.C=CC[C@H]1c2ccc(C)cc2SC[C@@]1(C)c1ccc(C)cc1. The van der Waals surface area contributed by atoms with E-state index in [0.29, 0.717) is 17.8 Å². The van der Waals surface area contributed by atoms with Crippen LogP contribution in [0.1, 0.15) is 125 Å². The first kappa shape index (κ1) is 49.5. The number of rotatable bonds is 9. The van der Waals surface area contributed by atoms with Gasteiger partial charge in [0, 0.05) is 48.2 Å². The fourth-order valence-corrected chi connectivity index (χ4v) is 14.9. The first-order valence-electron chi connectivity index (χ1n) is 23.9. The summed E-state index contributed by atoms with van der Waals surface area (Å²) < 4.78 is 0. The van der Waals surface area contributed by atoms with Crippen molar-refractivity contribution in [1.29, 1.82) is 0 Å². The Kier molecular flexibility index (Phi) is 15.9. The fraction of sp³-hybridized carbons (Fsp3) is 0.333. The quantitative estimate of drug-likeness (QED) is 0.133. The highest BCUT2D eigenvalue weighted by Crippen LogP contribution is 2.54. The zero-order valence-electron chi connectivity index (χ0n) is 41.2. The van der Waals surface area contributed by atoms with Gasteiger partial charge in [-0.1, -0.05) is 182 Å². The molecule has 0 N–H and O–H groups in total. The van der Waals surface area contributed by atoms with Crippen LogP contribution in [-0.4, -0.2) is 17.3 Å². The van der Waals surface area contributed by atoms with Gasteiger partial charge >= 0.3 is 0 Å². The molecule has 0 radical (unpaired) electrons. The second kappa shape index (κ2) is 21.3. The lowest BCUT2D eigenvalue weighted by Crippen LogP contribution is -2.36. The molecule has 66 heavy (non-hydrogen) atoms. The molecular weight excluding hydrogens is 853 g/mol. The van der Waals surface area contributed by atoms with E-state index in [-0.39, 0.29) is 16.2 Å². The number of hydrogen-bond acceptors (Lipinski definition) is 3. The van der Waals surface area contributed by atoms with Gasteiger partial charge in [0.2, 0.25) is 0 Å². The second-order valence-electron chi connectivity index (χ2n) is 20.1. The maximum atomic E-state index is 4.01. The van der Waals surface area contributed by atoms with Crippen molar-refractivity contribution >= 4 is 35.3 Å². The Morgan fingerprint density at radius 2 is 0.606 bits per heavy atom. The molecule has 0 spiro atoms. The van der Waals surface area contributed by atoms with Gasteiger partial charge in [-0.2, -0.15) is 0 Å². The van der Waals surface area contributed by atoms with E-state index in [1.165, 1.54) is 81.4 Å². The van der Waals surface area contributed by atoms with Crippen LogP contribution in [0.15, 0.2) is 180 Å². The van der Waals surface area contributed by atoms with Gasteiger partial charge < -0.3 is 0 Å². The zero-order valence-corrected chi connectivity index (χ0v) is 43.6. The van der Waals surface area contributed by atoms with Gasteiger partial charge in [0.25, 0.3) is 0 Å². The molecule has 0 saturated carbocycles. The standard InChI is InChI=1S/3C21H24S/c3*1-5-6-19-18-12-9-16(3)13-20(18)22-14-21(19,4)17-10-7-15(2)8-11-17/h3*5,7-13,19H,1,6,14H2,2-4H3/t2*19-,21-;/m10./s1. The average molecular weight is 925 g/mol. The highest BCUT2D eigenvalue weighted by atomic mass is 32.2. The van der Waals surface area contributed by atoms with Crippen molar-refractivity contribution in [3.05, 3.63) is 232 Å². The summed E-state index contributed by atoms with van der Waals surface area (Å²) in [5.74, 6) is 4.90. The number of hydrogen-bond donors (Lipinski definition) is 0. The maximum Gasteiger partial charge on any atom is 0.0110 e. The van der Waals surface area contributed by atoms with Crippen molar-refractivity contribution in [2.75, 3.05) is 17.3 Å². The van der Waals surface area contributed by atoms with E-state index < -0.39 is 0 Å². The predicted octanol–water partition coefficient (Wildman–Crippen LogP) is 18.1. The molecule has 6 aromatic carbocycles. The summed E-state index contributed by atoms with van der Waals surface area (Å²) in [6.45, 7) is 32.3. The largest absolute Gasteiger partial charge is 0.125 e. The lowest BCUT2D eigenvalue weighted by atomic mass is 9.68. The molecule has 0 nitrogen and oxygen atoms in total. The van der Waals surface area contributed by atoms with E-state index in [0.717, 1.165) is 36.5 Å². The van der Waals surface area contributed by atoms with Crippen LogP contribution in [0.5, 0.6) is 0 Å². The van der Waals surface area contributed by atoms with Crippen LogP contribution in [0, 0.1) is 41.5 Å². The Labute approximate surface area is 412 Å². The number of aryl methyl sites for hydroxylation is 6. The van der Waals surface area contributed by atoms with E-state index in [1.54, 1.807) is 0 Å². The molecular formula is C63H72S3. The predicted molar refractivity (Wildman–Crippen MR) is 294 cm³/mol. The monoisotopic (exact) mass is 924 g/mol. The molecule has 0 saturated heterocycles. The Balaban J connectivity index is 0.000000147. The van der Waals surface area contributed by atoms with Crippen molar-refractivity contribution in [3.63, 3.8) is 0 Å². The van der Waals surface area contributed by atoms with Crippen molar-refractivity contribution < 1.29 is 0 Å². The van der Waals surface area contributed by atoms with Crippen LogP contribution in [-0.2, 0) is 16.2 Å². The van der Waals surface area contributed by atoms with Crippen LogP contribution in [0.3, 0.4) is 0 Å². The number of allylic oxidation sites excluding steroid dienone is 3. The first-order valence-corrected chi connectivity index (χ1v) is 26.8. The third-order valence-corrected chi connectivity index (χ3v) is 19.1. The van der Waals surface area contributed by atoms with Crippen LogP contribution in [0.4, 0.5) is 0 Å². The lowest BCUT2D eigenvalue weighted by molar-refractivity contribution is 0.409. The maximum absolute atomic E-state index is 4.01. The molecule has 342 valence electrons. The van der Waals surface area contributed by atoms with Crippen molar-refractivity contribution in [2.45, 2.75) is 130 Å². The van der Waals surface area contributed by atoms with Gasteiger partial charge in [-0.05, 0) is 130 Å². The third kappa shape index (κ3) is 10.5. The normalized spacial score (nSPS) is 23.9. The Morgan fingerprint density at radius 3 is 0.833 bits per heavy atom. The Bertz CT molecular complexity index is 2340. The van der Waals surface area contributed by atoms with Gasteiger partial charge in [0.05, 0.1) is 0 Å². The molecule has 3 aliphatic heterocycles. The minimum atomic E-state index is 0.162. The molecule has 2 unspecified atom stereocenters. The third-order valence-electron chi connectivity index (χ3n) is 14.9. The highest BCUT2D eigenvalue weighted by molar-refractivity contribution is 8.00. The lowest BCUT2D eigenvalue weighted by Gasteiger charge is -2.43. The summed E-state index contributed by atoms with van der Waals surface area (Å²) in [6.07, 6.45) is 9.33. The molecule has 0 aromatic heterocycles. The van der Waals surface area contributed by atoms with Gasteiger partial charge in [0.1, 0.15) is 0 Å². The first-order chi connectivity index (χ1) is 31.6. The van der Waals surface area contributed by atoms with Gasteiger partial charge in [-0.15, -0.1) is 55.0 Å².